The van der Waals surface area contributed by atoms with E-state index in [1.165, 1.54) is 24.6 Å². The van der Waals surface area contributed by atoms with Crippen LogP contribution in [0.5, 0.6) is 23.0 Å². The van der Waals surface area contributed by atoms with Gasteiger partial charge in [-0.1, -0.05) is 191 Å². The average Bonchev–Trinajstić information content (AvgIpc) is 3.44. The van der Waals surface area contributed by atoms with Crippen molar-refractivity contribution in [2.45, 2.75) is 173 Å². The maximum atomic E-state index is 13.9. The molecule has 0 saturated carbocycles. The Labute approximate surface area is 455 Å². The molecule has 0 N–H and O–H groups in total. The lowest BCUT2D eigenvalue weighted by Gasteiger charge is -2.19. The van der Waals surface area contributed by atoms with Crippen molar-refractivity contribution in [2.24, 2.45) is 0 Å². The molecule has 0 atom stereocenters. The first kappa shape index (κ1) is 63.9. The van der Waals surface area contributed by atoms with Crippen LogP contribution in [-0.2, 0) is 28.6 Å². The van der Waals surface area contributed by atoms with Gasteiger partial charge >= 0.3 is 23.9 Å². The molecule has 3 rings (SSSR count). The van der Waals surface area contributed by atoms with Gasteiger partial charge in [-0.15, -0.1) is 0 Å². The number of carbonyl (C=O) groups is 4. The molecule has 12 heteroatoms. The number of allylic oxidation sites excluding steroid dienone is 2. The molecule has 0 unspecified atom stereocenters. The third-order valence-electron chi connectivity index (χ3n) is 12.6. The van der Waals surface area contributed by atoms with Crippen LogP contribution in [-0.4, -0.2) is 68.5 Å². The summed E-state index contributed by atoms with van der Waals surface area (Å²) in [6, 6.07) is 14.7. The van der Waals surface area contributed by atoms with E-state index >= 15 is 0 Å². The van der Waals surface area contributed by atoms with Gasteiger partial charge in [0.25, 0.3) is 0 Å². The number of ether oxygens (including phenoxy) is 7. The first-order valence-electron chi connectivity index (χ1n) is 28.3. The van der Waals surface area contributed by atoms with Gasteiger partial charge in [0.2, 0.25) is 5.75 Å². The van der Waals surface area contributed by atoms with Crippen LogP contribution >= 0.6 is 0 Å². The van der Waals surface area contributed by atoms with Gasteiger partial charge < -0.3 is 33.2 Å². The van der Waals surface area contributed by atoms with E-state index in [0.29, 0.717) is 68.2 Å². The zero-order chi connectivity index (χ0) is 54.4. The summed E-state index contributed by atoms with van der Waals surface area (Å²) in [7, 11) is 0. The Balaban J connectivity index is 1.63. The van der Waals surface area contributed by atoms with E-state index < -0.39 is 5.97 Å². The largest absolute Gasteiger partial charge is 0.490 e. The van der Waals surface area contributed by atoms with Crippen LogP contribution in [0.3, 0.4) is 0 Å². The molecule has 3 aromatic rings. The predicted octanol–water partition coefficient (Wildman–Crippen LogP) is 15.9. The molecule has 416 valence electrons. The maximum Gasteiger partial charge on any atom is 0.343 e. The van der Waals surface area contributed by atoms with Crippen molar-refractivity contribution in [3.63, 3.8) is 0 Å². The van der Waals surface area contributed by atoms with Crippen molar-refractivity contribution < 1.29 is 52.3 Å². The summed E-state index contributed by atoms with van der Waals surface area (Å²) < 4.78 is 40.7. The van der Waals surface area contributed by atoms with Crippen molar-refractivity contribution in [2.75, 3.05) is 39.6 Å². The highest BCUT2D eigenvalue weighted by Gasteiger charge is 2.21. The summed E-state index contributed by atoms with van der Waals surface area (Å²) in [5.41, 5.74) is 2.34. The number of esters is 4. The highest BCUT2D eigenvalue weighted by Crippen LogP contribution is 2.40. The van der Waals surface area contributed by atoms with Crippen molar-refractivity contribution in [1.29, 1.82) is 0 Å². The fraction of sp³-hybridized carbons (Fsp3) is 0.516. The Morgan fingerprint density at radius 3 is 1.07 bits per heavy atom. The topological polar surface area (TPSA) is 146 Å². The second kappa shape index (κ2) is 43.8. The molecule has 12 nitrogen and oxygen atoms in total. The first-order chi connectivity index (χ1) is 37.3. The lowest BCUT2D eigenvalue weighted by atomic mass is 10.1. The van der Waals surface area contributed by atoms with Crippen LogP contribution in [0.4, 0.5) is 0 Å². The molecule has 0 amide bonds. The second-order valence-electron chi connectivity index (χ2n) is 19.0. The Hall–Kier alpha value is -6.43. The van der Waals surface area contributed by atoms with Gasteiger partial charge in [-0.25, -0.2) is 19.2 Å². The smallest absolute Gasteiger partial charge is 0.343 e. The zero-order valence-electron chi connectivity index (χ0n) is 45.7. The van der Waals surface area contributed by atoms with Gasteiger partial charge in [-0.3, -0.25) is 4.98 Å². The molecule has 0 radical (unpaired) electrons. The molecule has 0 saturated heterocycles. The van der Waals surface area contributed by atoms with Crippen LogP contribution in [0.2, 0.25) is 0 Å². The summed E-state index contributed by atoms with van der Waals surface area (Å²) in [6.45, 7) is 13.1. The quantitative estimate of drug-likeness (QED) is 0.0132. The fourth-order valence-electron chi connectivity index (χ4n) is 8.23. The monoisotopic (exact) mass is 1050 g/mol. The van der Waals surface area contributed by atoms with E-state index in [0.717, 1.165) is 178 Å². The molecule has 0 aliphatic heterocycles. The van der Waals surface area contributed by atoms with E-state index in [9.17, 15) is 19.2 Å². The first-order valence-corrected chi connectivity index (χ1v) is 28.3. The molecule has 0 bridgehead atoms. The standard InChI is InChI=1S/C64H89NO11/c1-4-60(66)72-48-32-24-18-12-7-10-16-22-30-46-70-58-52-56(64(69)76-57-40-38-54(39-41-57)36-28-29-37-55-42-44-65-45-43-55)53-59(71-47-31-23-17-11-8-13-19-25-33-49-73-61(67)5-2)63(58)75-51-35-27-21-15-9-14-20-26-34-50-74-62(68)6-3/h4-6,28-29,36-45,52-53H,1-3,7-27,30-35,46-51H2/b36-28+,37-29+. The van der Waals surface area contributed by atoms with Gasteiger partial charge in [-0.05, 0) is 86.1 Å². The van der Waals surface area contributed by atoms with E-state index in [-0.39, 0.29) is 17.9 Å². The van der Waals surface area contributed by atoms with Crippen molar-refractivity contribution in [3.05, 3.63) is 128 Å². The van der Waals surface area contributed by atoms with Crippen molar-refractivity contribution in [3.8, 4) is 23.0 Å². The SMILES string of the molecule is C=CC(=O)OCCCCCCCCCCCOc1cc(C(=O)Oc2ccc(/C=C/C=C/c3ccncc3)cc2)cc(OCCCCCCCCCCCOC(=O)C=C)c1OCCCCCCCCCCCOC(=O)C=C. The molecule has 2 aromatic carbocycles. The van der Waals surface area contributed by atoms with Gasteiger partial charge in [0.05, 0.1) is 45.2 Å². The summed E-state index contributed by atoms with van der Waals surface area (Å²) in [6.07, 6.45) is 43.5. The Morgan fingerprint density at radius 1 is 0.395 bits per heavy atom. The van der Waals surface area contributed by atoms with Crippen molar-refractivity contribution in [1.82, 2.24) is 4.98 Å². The van der Waals surface area contributed by atoms with E-state index in [1.807, 2.05) is 48.6 Å². The molecule has 0 fully saturated rings. The number of hydrogen-bond donors (Lipinski definition) is 0. The van der Waals surface area contributed by atoms with Crippen LogP contribution in [0.15, 0.2) is 111 Å². The lowest BCUT2D eigenvalue weighted by Crippen LogP contribution is -2.12. The number of hydrogen-bond acceptors (Lipinski definition) is 12. The van der Waals surface area contributed by atoms with Gasteiger partial charge in [0.1, 0.15) is 5.75 Å². The summed E-state index contributed by atoms with van der Waals surface area (Å²) >= 11 is 0. The molecular formula is C64H89NO11. The summed E-state index contributed by atoms with van der Waals surface area (Å²) in [4.78, 5) is 51.7. The third kappa shape index (κ3) is 32.1. The van der Waals surface area contributed by atoms with E-state index in [2.05, 4.69) is 24.7 Å². The molecule has 0 aliphatic rings. The van der Waals surface area contributed by atoms with Gasteiger partial charge in [0.15, 0.2) is 11.5 Å². The molecule has 0 spiro atoms. The highest BCUT2D eigenvalue weighted by molar-refractivity contribution is 5.92. The molecule has 0 aliphatic carbocycles. The second-order valence-corrected chi connectivity index (χ2v) is 19.0. The number of carbonyl (C=O) groups excluding carboxylic acids is 4. The van der Waals surface area contributed by atoms with Crippen LogP contribution in [0.25, 0.3) is 12.2 Å². The zero-order valence-corrected chi connectivity index (χ0v) is 45.7. The minimum Gasteiger partial charge on any atom is -0.490 e. The number of rotatable bonds is 47. The minimum absolute atomic E-state index is 0.318. The molecule has 1 aromatic heterocycles. The number of unbranched alkanes of at least 4 members (excludes halogenated alkanes) is 24. The van der Waals surface area contributed by atoms with Crippen LogP contribution < -0.4 is 18.9 Å². The van der Waals surface area contributed by atoms with Crippen LogP contribution in [0, 0.1) is 0 Å². The number of pyridine rings is 1. The third-order valence-corrected chi connectivity index (χ3v) is 12.6. The normalized spacial score (nSPS) is 11.1. The Morgan fingerprint density at radius 2 is 0.711 bits per heavy atom. The summed E-state index contributed by atoms with van der Waals surface area (Å²) in [5, 5.41) is 0. The maximum absolute atomic E-state index is 13.9. The van der Waals surface area contributed by atoms with Gasteiger partial charge in [-0.2, -0.15) is 0 Å². The number of benzene rings is 2. The average molecular weight is 1050 g/mol. The number of aromatic nitrogens is 1. The lowest BCUT2D eigenvalue weighted by molar-refractivity contribution is -0.138. The number of nitrogens with zero attached hydrogens (tertiary/aromatic N) is 1. The minimum atomic E-state index is -0.517. The van der Waals surface area contributed by atoms with E-state index in [1.54, 1.807) is 36.7 Å². The molecule has 1 heterocycles. The van der Waals surface area contributed by atoms with E-state index in [4.69, 9.17) is 33.2 Å². The molecular weight excluding hydrogens is 959 g/mol. The molecule has 76 heavy (non-hydrogen) atoms. The summed E-state index contributed by atoms with van der Waals surface area (Å²) in [5.74, 6) is 0.277. The van der Waals surface area contributed by atoms with Gasteiger partial charge in [0, 0.05) is 30.6 Å². The highest BCUT2D eigenvalue weighted by atomic mass is 16.6. The Bertz CT molecular complexity index is 2060. The predicted molar refractivity (Wildman–Crippen MR) is 305 cm³/mol. The van der Waals surface area contributed by atoms with Crippen molar-refractivity contribution >= 4 is 36.0 Å². The Kier molecular flexibility index (Phi) is 36.8. The fourth-order valence-corrected chi connectivity index (χ4v) is 8.23. The van der Waals surface area contributed by atoms with Crippen LogP contribution in [0.1, 0.15) is 195 Å².